The van der Waals surface area contributed by atoms with E-state index >= 15 is 0 Å². The highest BCUT2D eigenvalue weighted by molar-refractivity contribution is 5.92. The first-order valence-electron chi connectivity index (χ1n) is 7.83. The molecule has 2 N–H and O–H groups in total. The number of amides is 1. The van der Waals surface area contributed by atoms with Crippen LogP contribution in [0.2, 0.25) is 0 Å². The normalized spacial score (nSPS) is 17.3. The Hall–Kier alpha value is -1.85. The van der Waals surface area contributed by atoms with Gasteiger partial charge in [-0.15, -0.1) is 12.4 Å². The molecule has 2 heterocycles. The third-order valence-electron chi connectivity index (χ3n) is 3.99. The Balaban J connectivity index is 0.00000192. The number of piperidine rings is 1. The lowest BCUT2D eigenvalue weighted by Crippen LogP contribution is -2.33. The van der Waals surface area contributed by atoms with Gasteiger partial charge in [-0.05, 0) is 50.4 Å². The molecule has 0 spiro atoms. The van der Waals surface area contributed by atoms with Gasteiger partial charge in [-0.1, -0.05) is 18.2 Å². The Kier molecular flexibility index (Phi) is 6.62. The summed E-state index contributed by atoms with van der Waals surface area (Å²) in [5.41, 5.74) is 1.20. The van der Waals surface area contributed by atoms with Crippen LogP contribution in [0.4, 0.5) is 0 Å². The van der Waals surface area contributed by atoms with Crippen molar-refractivity contribution in [1.82, 2.24) is 15.6 Å². The number of benzene rings is 1. The average molecular weight is 336 g/mol. The van der Waals surface area contributed by atoms with E-state index in [1.807, 2.05) is 30.3 Å². The van der Waals surface area contributed by atoms with E-state index in [1.165, 1.54) is 19.1 Å². The van der Waals surface area contributed by atoms with Crippen molar-refractivity contribution in [3.8, 4) is 11.5 Å². The first kappa shape index (κ1) is 17.5. The predicted molar refractivity (Wildman–Crippen MR) is 91.7 cm³/mol. The molecule has 5 nitrogen and oxygen atoms in total. The molecule has 1 aliphatic heterocycles. The number of nitrogens with one attached hydrogen (secondary N) is 2. The Labute approximate surface area is 142 Å². The molecule has 2 aromatic rings. The lowest BCUT2D eigenvalue weighted by atomic mass is 9.96. The molecular formula is C17H22ClN3O2. The molecule has 1 aromatic heterocycles. The number of carbonyl (C=O) groups is 1. The van der Waals surface area contributed by atoms with E-state index in [0.29, 0.717) is 24.0 Å². The van der Waals surface area contributed by atoms with Crippen LogP contribution in [0.5, 0.6) is 0 Å². The fourth-order valence-electron chi connectivity index (χ4n) is 2.74. The van der Waals surface area contributed by atoms with Crippen molar-refractivity contribution in [1.29, 1.82) is 0 Å². The van der Waals surface area contributed by atoms with Crippen LogP contribution >= 0.6 is 12.4 Å². The Morgan fingerprint density at radius 1 is 1.35 bits per heavy atom. The standard InChI is InChI=1S/C17H21N3O2.ClH/c21-16(19-10-8-13-5-4-9-18-11-13)15-12-22-17(20-15)14-6-2-1-3-7-14;/h1-3,6-7,12-13,18H,4-5,8-11H2,(H,19,21);1H. The molecule has 124 valence electrons. The SMILES string of the molecule is Cl.O=C(NCCC1CCCNC1)c1coc(-c2ccccc2)n1. The molecule has 1 unspecified atom stereocenters. The van der Waals surface area contributed by atoms with Crippen LogP contribution in [0.3, 0.4) is 0 Å². The fraction of sp³-hybridized carbons (Fsp3) is 0.412. The monoisotopic (exact) mass is 335 g/mol. The number of oxazole rings is 1. The minimum absolute atomic E-state index is 0. The van der Waals surface area contributed by atoms with E-state index in [1.54, 1.807) is 0 Å². The molecule has 1 fully saturated rings. The van der Waals surface area contributed by atoms with Gasteiger partial charge in [0.2, 0.25) is 5.89 Å². The number of rotatable bonds is 5. The second kappa shape index (κ2) is 8.70. The smallest absolute Gasteiger partial charge is 0.273 e. The predicted octanol–water partition coefficient (Wildman–Crippen LogP) is 2.88. The van der Waals surface area contributed by atoms with Crippen LogP contribution in [0.15, 0.2) is 41.0 Å². The molecule has 0 saturated carbocycles. The molecule has 1 aliphatic rings. The van der Waals surface area contributed by atoms with Gasteiger partial charge in [-0.25, -0.2) is 4.98 Å². The summed E-state index contributed by atoms with van der Waals surface area (Å²) in [5.74, 6) is 0.961. The summed E-state index contributed by atoms with van der Waals surface area (Å²) in [4.78, 5) is 16.3. The maximum Gasteiger partial charge on any atom is 0.273 e. The molecule has 1 saturated heterocycles. The minimum Gasteiger partial charge on any atom is -0.444 e. The number of hydrogen-bond donors (Lipinski definition) is 2. The topological polar surface area (TPSA) is 67.2 Å². The van der Waals surface area contributed by atoms with Crippen LogP contribution in [-0.4, -0.2) is 30.5 Å². The van der Waals surface area contributed by atoms with E-state index < -0.39 is 0 Å². The Morgan fingerprint density at radius 2 is 2.17 bits per heavy atom. The molecular weight excluding hydrogens is 314 g/mol. The third kappa shape index (κ3) is 4.81. The molecule has 3 rings (SSSR count). The van der Waals surface area contributed by atoms with E-state index in [4.69, 9.17) is 4.42 Å². The van der Waals surface area contributed by atoms with E-state index in [-0.39, 0.29) is 18.3 Å². The fourth-order valence-corrected chi connectivity index (χ4v) is 2.74. The zero-order valence-electron chi connectivity index (χ0n) is 13.0. The highest BCUT2D eigenvalue weighted by Crippen LogP contribution is 2.18. The number of carbonyl (C=O) groups excluding carboxylic acids is 1. The molecule has 23 heavy (non-hydrogen) atoms. The van der Waals surface area contributed by atoms with Crippen LogP contribution in [0, 0.1) is 5.92 Å². The van der Waals surface area contributed by atoms with Gasteiger partial charge in [0.1, 0.15) is 6.26 Å². The van der Waals surface area contributed by atoms with Gasteiger partial charge in [0.05, 0.1) is 0 Å². The average Bonchev–Trinajstić information content (AvgIpc) is 3.07. The molecule has 1 amide bonds. The molecule has 1 aromatic carbocycles. The van der Waals surface area contributed by atoms with Crippen molar-refractivity contribution in [2.45, 2.75) is 19.3 Å². The van der Waals surface area contributed by atoms with Crippen LogP contribution in [-0.2, 0) is 0 Å². The van der Waals surface area contributed by atoms with Gasteiger partial charge >= 0.3 is 0 Å². The van der Waals surface area contributed by atoms with Gasteiger partial charge < -0.3 is 15.1 Å². The summed E-state index contributed by atoms with van der Waals surface area (Å²) in [6.07, 6.45) is 4.88. The lowest BCUT2D eigenvalue weighted by molar-refractivity contribution is 0.0945. The highest BCUT2D eigenvalue weighted by Gasteiger charge is 2.15. The molecule has 0 radical (unpaired) electrons. The minimum atomic E-state index is -0.172. The van der Waals surface area contributed by atoms with Crippen molar-refractivity contribution in [2.24, 2.45) is 5.92 Å². The quantitative estimate of drug-likeness (QED) is 0.881. The first-order valence-corrected chi connectivity index (χ1v) is 7.83. The summed E-state index contributed by atoms with van der Waals surface area (Å²) < 4.78 is 5.39. The van der Waals surface area contributed by atoms with Crippen LogP contribution in [0.25, 0.3) is 11.5 Å². The molecule has 0 bridgehead atoms. The zero-order chi connectivity index (χ0) is 15.2. The molecule has 1 atom stereocenters. The molecule has 6 heteroatoms. The first-order chi connectivity index (χ1) is 10.8. The Morgan fingerprint density at radius 3 is 2.91 bits per heavy atom. The number of hydrogen-bond acceptors (Lipinski definition) is 4. The largest absolute Gasteiger partial charge is 0.444 e. The van der Waals surface area contributed by atoms with Crippen LogP contribution < -0.4 is 10.6 Å². The summed E-state index contributed by atoms with van der Waals surface area (Å²) in [5, 5.41) is 6.31. The number of halogens is 1. The maximum atomic E-state index is 12.1. The van der Waals surface area contributed by atoms with Crippen molar-refractivity contribution < 1.29 is 9.21 Å². The third-order valence-corrected chi connectivity index (χ3v) is 3.99. The second-order valence-corrected chi connectivity index (χ2v) is 5.66. The highest BCUT2D eigenvalue weighted by atomic mass is 35.5. The van der Waals surface area contributed by atoms with Gasteiger partial charge in [0.25, 0.3) is 5.91 Å². The second-order valence-electron chi connectivity index (χ2n) is 5.66. The summed E-state index contributed by atoms with van der Waals surface area (Å²) >= 11 is 0. The van der Waals surface area contributed by atoms with E-state index in [9.17, 15) is 4.79 Å². The summed E-state index contributed by atoms with van der Waals surface area (Å²) in [7, 11) is 0. The lowest BCUT2D eigenvalue weighted by Gasteiger charge is -2.22. The van der Waals surface area contributed by atoms with Gasteiger partial charge in [-0.2, -0.15) is 0 Å². The van der Waals surface area contributed by atoms with Gasteiger partial charge in [-0.3, -0.25) is 4.79 Å². The van der Waals surface area contributed by atoms with Crippen molar-refractivity contribution in [2.75, 3.05) is 19.6 Å². The number of nitrogens with zero attached hydrogens (tertiary/aromatic N) is 1. The molecule has 0 aliphatic carbocycles. The van der Waals surface area contributed by atoms with Crippen molar-refractivity contribution in [3.05, 3.63) is 42.3 Å². The van der Waals surface area contributed by atoms with E-state index in [0.717, 1.165) is 25.1 Å². The van der Waals surface area contributed by atoms with Gasteiger partial charge in [0, 0.05) is 12.1 Å². The van der Waals surface area contributed by atoms with Crippen molar-refractivity contribution >= 4 is 18.3 Å². The van der Waals surface area contributed by atoms with Crippen molar-refractivity contribution in [3.63, 3.8) is 0 Å². The maximum absolute atomic E-state index is 12.1. The Bertz CT molecular complexity index is 609. The van der Waals surface area contributed by atoms with Gasteiger partial charge in [0.15, 0.2) is 5.69 Å². The van der Waals surface area contributed by atoms with E-state index in [2.05, 4.69) is 15.6 Å². The number of aromatic nitrogens is 1. The van der Waals surface area contributed by atoms with Crippen LogP contribution in [0.1, 0.15) is 29.8 Å². The zero-order valence-corrected chi connectivity index (χ0v) is 13.8. The summed E-state index contributed by atoms with van der Waals surface area (Å²) in [6.45, 7) is 2.85. The summed E-state index contributed by atoms with van der Waals surface area (Å²) in [6, 6.07) is 9.57.